The molecule has 0 saturated carbocycles. The van der Waals surface area contributed by atoms with Crippen molar-refractivity contribution in [2.45, 2.75) is 32.2 Å². The first-order valence-corrected chi connectivity index (χ1v) is 8.17. The second kappa shape index (κ2) is 8.29. The predicted octanol–water partition coefficient (Wildman–Crippen LogP) is 2.83. The maximum Gasteiger partial charge on any atom is 0.223 e. The van der Waals surface area contributed by atoms with Crippen LogP contribution in [-0.2, 0) is 9.59 Å². The van der Waals surface area contributed by atoms with Crippen molar-refractivity contribution in [2.75, 3.05) is 0 Å². The van der Waals surface area contributed by atoms with Gasteiger partial charge in [-0.1, -0.05) is 67.6 Å². The fraction of sp³-hybridized carbons (Fsp3) is 0.300. The number of amides is 2. The van der Waals surface area contributed by atoms with Crippen molar-refractivity contribution in [3.8, 4) is 0 Å². The molecule has 0 fully saturated rings. The van der Waals surface area contributed by atoms with Crippen molar-refractivity contribution in [1.29, 1.82) is 0 Å². The summed E-state index contributed by atoms with van der Waals surface area (Å²) in [5.41, 5.74) is 7.46. The highest BCUT2D eigenvalue weighted by Gasteiger charge is 2.25. The third-order valence-corrected chi connectivity index (χ3v) is 4.14. The van der Waals surface area contributed by atoms with Crippen LogP contribution < -0.4 is 11.1 Å². The maximum absolute atomic E-state index is 12.3. The molecule has 126 valence electrons. The van der Waals surface area contributed by atoms with Crippen molar-refractivity contribution in [2.24, 2.45) is 11.7 Å². The fourth-order valence-corrected chi connectivity index (χ4v) is 2.94. The summed E-state index contributed by atoms with van der Waals surface area (Å²) in [4.78, 5) is 23.4. The van der Waals surface area contributed by atoms with Gasteiger partial charge in [-0.05, 0) is 18.1 Å². The van der Waals surface area contributed by atoms with Gasteiger partial charge in [0.15, 0.2) is 0 Å². The summed E-state index contributed by atoms with van der Waals surface area (Å²) < 4.78 is 0. The third kappa shape index (κ3) is 4.69. The molecule has 2 aromatic carbocycles. The van der Waals surface area contributed by atoms with E-state index in [-0.39, 0.29) is 24.3 Å². The number of primary amides is 1. The lowest BCUT2D eigenvalue weighted by molar-refractivity contribution is -0.129. The van der Waals surface area contributed by atoms with E-state index < -0.39 is 11.8 Å². The Morgan fingerprint density at radius 1 is 0.917 bits per heavy atom. The molecule has 0 heterocycles. The van der Waals surface area contributed by atoms with Crippen LogP contribution in [0, 0.1) is 5.92 Å². The number of nitrogens with two attached hydrogens (primary N) is 1. The Morgan fingerprint density at radius 2 is 1.38 bits per heavy atom. The minimum absolute atomic E-state index is 0.0390. The highest BCUT2D eigenvalue weighted by atomic mass is 16.2. The van der Waals surface area contributed by atoms with Crippen LogP contribution in [0.25, 0.3) is 0 Å². The van der Waals surface area contributed by atoms with Gasteiger partial charge in [0.25, 0.3) is 0 Å². The van der Waals surface area contributed by atoms with E-state index in [1.165, 1.54) is 0 Å². The molecule has 0 aliphatic heterocycles. The second-order valence-corrected chi connectivity index (χ2v) is 6.17. The molecule has 0 spiro atoms. The van der Waals surface area contributed by atoms with Crippen molar-refractivity contribution in [3.63, 3.8) is 0 Å². The van der Waals surface area contributed by atoms with Gasteiger partial charge in [-0.3, -0.25) is 9.59 Å². The van der Waals surface area contributed by atoms with Crippen LogP contribution in [0.15, 0.2) is 60.7 Å². The zero-order chi connectivity index (χ0) is 17.5. The topological polar surface area (TPSA) is 72.2 Å². The van der Waals surface area contributed by atoms with Crippen LogP contribution in [0.4, 0.5) is 0 Å². The largest absolute Gasteiger partial charge is 0.370 e. The number of carbonyl (C=O) groups excluding carboxylic acids is 2. The molecule has 3 N–H and O–H groups in total. The molecule has 0 saturated heterocycles. The number of hydrogen-bond donors (Lipinski definition) is 2. The molecule has 0 aliphatic carbocycles. The van der Waals surface area contributed by atoms with Gasteiger partial charge in [0.1, 0.15) is 0 Å². The second-order valence-electron chi connectivity index (χ2n) is 6.17. The van der Waals surface area contributed by atoms with Gasteiger partial charge >= 0.3 is 0 Å². The van der Waals surface area contributed by atoms with E-state index in [4.69, 9.17) is 5.73 Å². The number of benzene rings is 2. The zero-order valence-electron chi connectivity index (χ0n) is 14.1. The SMILES string of the molecule is C[C@H](NC(=O)[C@@H](C)CC(N)=O)C(c1ccccc1)c1ccccc1. The summed E-state index contributed by atoms with van der Waals surface area (Å²) in [5, 5.41) is 3.04. The monoisotopic (exact) mass is 324 g/mol. The van der Waals surface area contributed by atoms with Gasteiger partial charge in [-0.15, -0.1) is 0 Å². The highest BCUT2D eigenvalue weighted by Crippen LogP contribution is 2.28. The predicted molar refractivity (Wildman–Crippen MR) is 95.3 cm³/mol. The summed E-state index contributed by atoms with van der Waals surface area (Å²) in [5.74, 6) is -1.01. The van der Waals surface area contributed by atoms with Crippen LogP contribution >= 0.6 is 0 Å². The molecule has 4 heteroatoms. The molecule has 0 radical (unpaired) electrons. The first-order valence-electron chi connectivity index (χ1n) is 8.17. The van der Waals surface area contributed by atoms with E-state index in [0.29, 0.717) is 0 Å². The Morgan fingerprint density at radius 3 is 1.79 bits per heavy atom. The van der Waals surface area contributed by atoms with Crippen LogP contribution in [-0.4, -0.2) is 17.9 Å². The van der Waals surface area contributed by atoms with Gasteiger partial charge < -0.3 is 11.1 Å². The average Bonchev–Trinajstić information content (AvgIpc) is 2.56. The molecule has 0 bridgehead atoms. The molecule has 2 atom stereocenters. The molecule has 2 amide bonds. The molecule has 4 nitrogen and oxygen atoms in total. The van der Waals surface area contributed by atoms with Gasteiger partial charge in [0.2, 0.25) is 11.8 Å². The molecule has 2 rings (SSSR count). The zero-order valence-corrected chi connectivity index (χ0v) is 14.1. The molecule has 0 unspecified atom stereocenters. The number of nitrogens with one attached hydrogen (secondary N) is 1. The maximum atomic E-state index is 12.3. The first kappa shape index (κ1) is 17.7. The van der Waals surface area contributed by atoms with Crippen molar-refractivity contribution in [3.05, 3.63) is 71.8 Å². The highest BCUT2D eigenvalue weighted by molar-refractivity contribution is 5.85. The lowest BCUT2D eigenvalue weighted by Crippen LogP contribution is -2.41. The average molecular weight is 324 g/mol. The first-order chi connectivity index (χ1) is 11.5. The van der Waals surface area contributed by atoms with E-state index in [0.717, 1.165) is 11.1 Å². The van der Waals surface area contributed by atoms with Gasteiger partial charge in [0.05, 0.1) is 0 Å². The molecule has 2 aromatic rings. The Bertz CT molecular complexity index is 631. The van der Waals surface area contributed by atoms with Crippen LogP contribution in [0.1, 0.15) is 37.3 Å². The molecular weight excluding hydrogens is 300 g/mol. The van der Waals surface area contributed by atoms with Gasteiger partial charge in [-0.2, -0.15) is 0 Å². The van der Waals surface area contributed by atoms with Crippen molar-refractivity contribution >= 4 is 11.8 Å². The Kier molecular flexibility index (Phi) is 6.13. The van der Waals surface area contributed by atoms with E-state index in [1.54, 1.807) is 6.92 Å². The summed E-state index contributed by atoms with van der Waals surface area (Å²) in [6, 6.07) is 20.1. The quantitative estimate of drug-likeness (QED) is 0.822. The van der Waals surface area contributed by atoms with Crippen LogP contribution in [0.2, 0.25) is 0 Å². The van der Waals surface area contributed by atoms with Gasteiger partial charge in [0, 0.05) is 24.3 Å². The smallest absolute Gasteiger partial charge is 0.223 e. The van der Waals surface area contributed by atoms with Crippen molar-refractivity contribution < 1.29 is 9.59 Å². The van der Waals surface area contributed by atoms with Crippen LogP contribution in [0.3, 0.4) is 0 Å². The van der Waals surface area contributed by atoms with E-state index in [9.17, 15) is 9.59 Å². The normalized spacial score (nSPS) is 13.3. The third-order valence-electron chi connectivity index (χ3n) is 4.14. The minimum Gasteiger partial charge on any atom is -0.370 e. The standard InChI is InChI=1S/C20H24N2O2/c1-14(13-18(21)23)20(24)22-15(2)19(16-9-5-3-6-10-16)17-11-7-4-8-12-17/h3-12,14-15,19H,13H2,1-2H3,(H2,21,23)(H,22,24)/t14-,15-/m0/s1. The Labute approximate surface area is 143 Å². The minimum atomic E-state index is -0.465. The number of rotatable bonds is 7. The Balaban J connectivity index is 2.21. The molecule has 24 heavy (non-hydrogen) atoms. The van der Waals surface area contributed by atoms with Crippen LogP contribution in [0.5, 0.6) is 0 Å². The van der Waals surface area contributed by atoms with E-state index in [2.05, 4.69) is 29.6 Å². The van der Waals surface area contributed by atoms with Gasteiger partial charge in [-0.25, -0.2) is 0 Å². The lowest BCUT2D eigenvalue weighted by Gasteiger charge is -2.27. The fourth-order valence-electron chi connectivity index (χ4n) is 2.94. The molecule has 0 aliphatic rings. The molecule has 0 aromatic heterocycles. The van der Waals surface area contributed by atoms with E-state index >= 15 is 0 Å². The van der Waals surface area contributed by atoms with Crippen molar-refractivity contribution in [1.82, 2.24) is 5.32 Å². The number of hydrogen-bond acceptors (Lipinski definition) is 2. The Hall–Kier alpha value is -2.62. The summed E-state index contributed by atoms with van der Waals surface area (Å²) >= 11 is 0. The molecular formula is C20H24N2O2. The summed E-state index contributed by atoms with van der Waals surface area (Å²) in [6.07, 6.45) is 0.0555. The van der Waals surface area contributed by atoms with E-state index in [1.807, 2.05) is 43.3 Å². The number of carbonyl (C=O) groups is 2. The summed E-state index contributed by atoms with van der Waals surface area (Å²) in [7, 11) is 0. The lowest BCUT2D eigenvalue weighted by atomic mass is 9.85. The summed E-state index contributed by atoms with van der Waals surface area (Å²) in [6.45, 7) is 3.70.